The molecule has 3 aromatic rings. The number of nitro groups is 1. The van der Waals surface area contributed by atoms with Gasteiger partial charge < -0.3 is 10.2 Å². The SMILES string of the molecule is CN(C)c1nc(NCc2ccccc2)nc(NN=Cc2cccc([N+](=O)[O-])c2)n1. The van der Waals surface area contributed by atoms with E-state index in [2.05, 4.69) is 30.8 Å². The molecule has 3 rings (SSSR count). The summed E-state index contributed by atoms with van der Waals surface area (Å²) in [5, 5.41) is 18.1. The Morgan fingerprint density at radius 3 is 2.55 bits per heavy atom. The van der Waals surface area contributed by atoms with Gasteiger partial charge in [-0.15, -0.1) is 0 Å². The number of aromatic nitrogens is 3. The number of hydrogen-bond donors (Lipinski definition) is 2. The lowest BCUT2D eigenvalue weighted by atomic mass is 10.2. The normalized spacial score (nSPS) is 10.7. The van der Waals surface area contributed by atoms with Crippen molar-refractivity contribution in [2.24, 2.45) is 5.10 Å². The van der Waals surface area contributed by atoms with Crippen LogP contribution in [0.1, 0.15) is 11.1 Å². The summed E-state index contributed by atoms with van der Waals surface area (Å²) in [7, 11) is 3.65. The van der Waals surface area contributed by atoms with Crippen LogP contribution >= 0.6 is 0 Å². The van der Waals surface area contributed by atoms with Crippen LogP contribution in [-0.2, 0) is 6.54 Å². The van der Waals surface area contributed by atoms with Gasteiger partial charge in [-0.25, -0.2) is 5.43 Å². The second-order valence-electron chi connectivity index (χ2n) is 6.24. The Hall–Kier alpha value is -4.08. The molecule has 1 heterocycles. The predicted molar refractivity (Wildman–Crippen MR) is 112 cm³/mol. The minimum Gasteiger partial charge on any atom is -0.350 e. The lowest BCUT2D eigenvalue weighted by Gasteiger charge is -2.13. The molecule has 1 aromatic heterocycles. The Labute approximate surface area is 167 Å². The van der Waals surface area contributed by atoms with Crippen LogP contribution < -0.4 is 15.6 Å². The van der Waals surface area contributed by atoms with Gasteiger partial charge in [0.25, 0.3) is 5.69 Å². The second-order valence-corrected chi connectivity index (χ2v) is 6.24. The molecule has 0 atom stereocenters. The molecule has 2 aromatic carbocycles. The molecule has 0 saturated heterocycles. The standard InChI is InChI=1S/C19H20N8O2/c1-26(2)19-23-17(20-12-14-7-4-3-5-8-14)22-18(24-19)25-21-13-15-9-6-10-16(11-15)27(28)29/h3-11,13H,12H2,1-2H3,(H2,20,22,23,24,25). The quantitative estimate of drug-likeness (QED) is 0.341. The van der Waals surface area contributed by atoms with Crippen molar-refractivity contribution in [3.05, 3.63) is 75.8 Å². The Morgan fingerprint density at radius 1 is 1.07 bits per heavy atom. The molecule has 29 heavy (non-hydrogen) atoms. The molecule has 0 unspecified atom stereocenters. The van der Waals surface area contributed by atoms with E-state index in [1.807, 2.05) is 44.4 Å². The average Bonchev–Trinajstić information content (AvgIpc) is 2.73. The van der Waals surface area contributed by atoms with E-state index in [0.717, 1.165) is 5.56 Å². The fraction of sp³-hybridized carbons (Fsp3) is 0.158. The minimum absolute atomic E-state index is 0.00333. The van der Waals surface area contributed by atoms with E-state index in [4.69, 9.17) is 0 Å². The van der Waals surface area contributed by atoms with Gasteiger partial charge in [-0.1, -0.05) is 42.5 Å². The van der Waals surface area contributed by atoms with Crippen molar-refractivity contribution in [3.8, 4) is 0 Å². The molecule has 2 N–H and O–H groups in total. The molecule has 10 heteroatoms. The largest absolute Gasteiger partial charge is 0.350 e. The molecule has 0 aliphatic carbocycles. The van der Waals surface area contributed by atoms with Gasteiger partial charge in [-0.05, 0) is 5.56 Å². The smallest absolute Gasteiger partial charge is 0.270 e. The first kappa shape index (κ1) is 19.7. The summed E-state index contributed by atoms with van der Waals surface area (Å²) in [6.45, 7) is 0.564. The van der Waals surface area contributed by atoms with Crippen LogP contribution in [0.3, 0.4) is 0 Å². The Morgan fingerprint density at radius 2 is 1.83 bits per heavy atom. The number of non-ortho nitro benzene ring substituents is 1. The van der Waals surface area contributed by atoms with E-state index in [0.29, 0.717) is 24.0 Å². The van der Waals surface area contributed by atoms with Crippen LogP contribution in [0.2, 0.25) is 0 Å². The van der Waals surface area contributed by atoms with E-state index in [1.54, 1.807) is 17.0 Å². The van der Waals surface area contributed by atoms with Gasteiger partial charge in [0.1, 0.15) is 0 Å². The number of hydrazone groups is 1. The van der Waals surface area contributed by atoms with Gasteiger partial charge in [0.15, 0.2) is 0 Å². The molecular weight excluding hydrogens is 372 g/mol. The van der Waals surface area contributed by atoms with Crippen LogP contribution in [-0.4, -0.2) is 40.2 Å². The van der Waals surface area contributed by atoms with Gasteiger partial charge in [0.2, 0.25) is 17.8 Å². The molecule has 148 valence electrons. The average molecular weight is 392 g/mol. The third kappa shape index (κ3) is 5.70. The topological polar surface area (TPSA) is 121 Å². The van der Waals surface area contributed by atoms with E-state index >= 15 is 0 Å². The number of nitrogens with one attached hydrogen (secondary N) is 2. The predicted octanol–water partition coefficient (Wildman–Crippen LogP) is 2.90. The maximum absolute atomic E-state index is 10.9. The molecule has 0 saturated carbocycles. The monoisotopic (exact) mass is 392 g/mol. The zero-order valence-corrected chi connectivity index (χ0v) is 16.0. The highest BCUT2D eigenvalue weighted by molar-refractivity contribution is 5.81. The van der Waals surface area contributed by atoms with Crippen molar-refractivity contribution in [1.82, 2.24) is 15.0 Å². The lowest BCUT2D eigenvalue weighted by Crippen LogP contribution is -2.16. The first-order valence-corrected chi connectivity index (χ1v) is 8.76. The van der Waals surface area contributed by atoms with Gasteiger partial charge >= 0.3 is 0 Å². The number of benzene rings is 2. The van der Waals surface area contributed by atoms with E-state index < -0.39 is 4.92 Å². The van der Waals surface area contributed by atoms with E-state index in [1.165, 1.54) is 18.3 Å². The van der Waals surface area contributed by atoms with Crippen LogP contribution in [0, 0.1) is 10.1 Å². The number of nitrogens with zero attached hydrogens (tertiary/aromatic N) is 6. The summed E-state index contributed by atoms with van der Waals surface area (Å²) in [6.07, 6.45) is 1.46. The van der Waals surface area contributed by atoms with Crippen molar-refractivity contribution in [2.75, 3.05) is 29.7 Å². The van der Waals surface area contributed by atoms with Gasteiger partial charge in [0.05, 0.1) is 11.1 Å². The lowest BCUT2D eigenvalue weighted by molar-refractivity contribution is -0.384. The van der Waals surface area contributed by atoms with Crippen LogP contribution in [0.15, 0.2) is 59.7 Å². The molecule has 0 fully saturated rings. The van der Waals surface area contributed by atoms with Crippen LogP contribution in [0.4, 0.5) is 23.5 Å². The third-order valence-corrected chi connectivity index (χ3v) is 3.78. The summed E-state index contributed by atoms with van der Waals surface area (Å²) in [4.78, 5) is 25.1. The molecular formula is C19H20N8O2. The van der Waals surface area contributed by atoms with Crippen molar-refractivity contribution in [2.45, 2.75) is 6.54 Å². The summed E-state index contributed by atoms with van der Waals surface area (Å²) < 4.78 is 0. The minimum atomic E-state index is -0.454. The molecule has 0 amide bonds. The molecule has 0 spiro atoms. The Kier molecular flexibility index (Phi) is 6.25. The fourth-order valence-electron chi connectivity index (χ4n) is 2.35. The number of rotatable bonds is 8. The zero-order chi connectivity index (χ0) is 20.6. The summed E-state index contributed by atoms with van der Waals surface area (Å²) in [5.74, 6) is 1.12. The summed E-state index contributed by atoms with van der Waals surface area (Å²) >= 11 is 0. The van der Waals surface area contributed by atoms with E-state index in [-0.39, 0.29) is 11.6 Å². The van der Waals surface area contributed by atoms with Crippen LogP contribution in [0.25, 0.3) is 0 Å². The van der Waals surface area contributed by atoms with Crippen molar-refractivity contribution < 1.29 is 4.92 Å². The Balaban J connectivity index is 1.73. The van der Waals surface area contributed by atoms with Crippen LogP contribution in [0.5, 0.6) is 0 Å². The molecule has 10 nitrogen and oxygen atoms in total. The van der Waals surface area contributed by atoms with Crippen molar-refractivity contribution in [1.29, 1.82) is 0 Å². The van der Waals surface area contributed by atoms with Crippen molar-refractivity contribution in [3.63, 3.8) is 0 Å². The first-order chi connectivity index (χ1) is 14.0. The molecule has 0 bridgehead atoms. The highest BCUT2D eigenvalue weighted by Crippen LogP contribution is 2.14. The number of anilines is 3. The number of hydrogen-bond acceptors (Lipinski definition) is 9. The maximum Gasteiger partial charge on any atom is 0.270 e. The van der Waals surface area contributed by atoms with Crippen molar-refractivity contribution >= 4 is 29.7 Å². The second kappa shape index (κ2) is 9.22. The number of nitro benzene ring substituents is 1. The molecule has 0 aliphatic rings. The summed E-state index contributed by atoms with van der Waals surface area (Å²) in [5.41, 5.74) is 4.42. The Bertz CT molecular complexity index is 1010. The van der Waals surface area contributed by atoms with Gasteiger partial charge in [0, 0.05) is 38.3 Å². The van der Waals surface area contributed by atoms with Gasteiger partial charge in [-0.3, -0.25) is 10.1 Å². The fourth-order valence-corrected chi connectivity index (χ4v) is 2.35. The molecule has 0 radical (unpaired) electrons. The third-order valence-electron chi connectivity index (χ3n) is 3.78. The highest BCUT2D eigenvalue weighted by atomic mass is 16.6. The zero-order valence-electron chi connectivity index (χ0n) is 16.0. The van der Waals surface area contributed by atoms with E-state index in [9.17, 15) is 10.1 Å². The maximum atomic E-state index is 10.9. The summed E-state index contributed by atoms with van der Waals surface area (Å²) in [6, 6.07) is 16.0. The highest BCUT2D eigenvalue weighted by Gasteiger charge is 2.08. The first-order valence-electron chi connectivity index (χ1n) is 8.76. The van der Waals surface area contributed by atoms with Gasteiger partial charge in [-0.2, -0.15) is 20.1 Å². The molecule has 0 aliphatic heterocycles.